The Morgan fingerprint density at radius 2 is 1.27 bits per heavy atom. The monoisotopic (exact) mass is 775 g/mol. The van der Waals surface area contributed by atoms with Gasteiger partial charge in [0.15, 0.2) is 12.2 Å². The molecule has 3 aromatic carbocycles. The Kier molecular flexibility index (Phi) is 18.5. The van der Waals surface area contributed by atoms with Gasteiger partial charge in [0.2, 0.25) is 0 Å². The molecule has 308 valence electrons. The molecule has 0 spiro atoms. The summed E-state index contributed by atoms with van der Waals surface area (Å²) in [4.78, 5) is 55.3. The van der Waals surface area contributed by atoms with E-state index in [9.17, 15) is 19.2 Å². The lowest BCUT2D eigenvalue weighted by molar-refractivity contribution is -0.188. The molecule has 0 aromatic heterocycles. The molecule has 0 bridgehead atoms. The van der Waals surface area contributed by atoms with Crippen LogP contribution >= 0.6 is 0 Å². The average molecular weight is 776 g/mol. The molecule has 0 heterocycles. The van der Waals surface area contributed by atoms with E-state index in [1.54, 1.807) is 48.5 Å². The molecule has 0 unspecified atom stereocenters. The van der Waals surface area contributed by atoms with E-state index < -0.39 is 53.8 Å². The number of hydrogen-bond acceptors (Lipinski definition) is 9. The van der Waals surface area contributed by atoms with Crippen molar-refractivity contribution in [1.82, 2.24) is 4.90 Å². The summed E-state index contributed by atoms with van der Waals surface area (Å²) in [5.41, 5.74) is 3.29. The Bertz CT molecular complexity index is 1720. The van der Waals surface area contributed by atoms with Crippen LogP contribution in [0, 0.1) is 13.8 Å². The molecule has 0 N–H and O–H groups in total. The molecule has 10 nitrogen and oxygen atoms in total. The van der Waals surface area contributed by atoms with Gasteiger partial charge in [-0.1, -0.05) is 73.5 Å². The molecule has 0 aliphatic heterocycles. The predicted octanol–water partition coefficient (Wildman–Crippen LogP) is 8.43. The maximum atomic E-state index is 14.6. The molecule has 3 rings (SSSR count). The van der Waals surface area contributed by atoms with Gasteiger partial charge >= 0.3 is 17.9 Å². The van der Waals surface area contributed by atoms with Crippen LogP contribution in [-0.4, -0.2) is 85.0 Å². The van der Waals surface area contributed by atoms with E-state index in [2.05, 4.69) is 62.4 Å². The second-order valence-electron chi connectivity index (χ2n) is 16.4. The van der Waals surface area contributed by atoms with Crippen molar-refractivity contribution in [2.24, 2.45) is 0 Å². The highest BCUT2D eigenvalue weighted by atomic mass is 16.6. The highest BCUT2D eigenvalue weighted by Crippen LogP contribution is 2.21. The van der Waals surface area contributed by atoms with Crippen LogP contribution in [-0.2, 0) is 55.7 Å². The van der Waals surface area contributed by atoms with Crippen molar-refractivity contribution in [3.05, 3.63) is 82.9 Å². The maximum Gasteiger partial charge on any atom is 0.339 e. The lowest BCUT2D eigenvalue weighted by atomic mass is 10.0. The van der Waals surface area contributed by atoms with Gasteiger partial charge < -0.3 is 28.6 Å². The van der Waals surface area contributed by atoms with E-state index >= 15 is 0 Å². The largest absolute Gasteiger partial charge is 0.464 e. The van der Waals surface area contributed by atoms with Crippen molar-refractivity contribution in [3.8, 4) is 0 Å². The van der Waals surface area contributed by atoms with Gasteiger partial charge in [-0.15, -0.1) is 0 Å². The number of esters is 3. The fourth-order valence-corrected chi connectivity index (χ4v) is 6.24. The van der Waals surface area contributed by atoms with Crippen LogP contribution in [0.15, 0.2) is 60.7 Å². The van der Waals surface area contributed by atoms with Gasteiger partial charge in [0, 0.05) is 13.2 Å². The number of fused-ring (bicyclic) bond motifs is 1. The number of aryl methyl sites for hydroxylation is 4. The summed E-state index contributed by atoms with van der Waals surface area (Å²) in [5.74, 6) is -2.77. The molecule has 3 aromatic rings. The van der Waals surface area contributed by atoms with Crippen LogP contribution in [0.25, 0.3) is 10.8 Å². The fraction of sp³-hybridized carbons (Fsp3) is 0.565. The third-order valence-electron chi connectivity index (χ3n) is 9.08. The van der Waals surface area contributed by atoms with E-state index in [0.29, 0.717) is 12.8 Å². The minimum Gasteiger partial charge on any atom is -0.464 e. The van der Waals surface area contributed by atoms with Crippen LogP contribution in [0.3, 0.4) is 0 Å². The van der Waals surface area contributed by atoms with Crippen LogP contribution in [0.1, 0.15) is 109 Å². The summed E-state index contributed by atoms with van der Waals surface area (Å²) in [5, 5.41) is 2.38. The Morgan fingerprint density at radius 3 is 1.91 bits per heavy atom. The Morgan fingerprint density at radius 1 is 0.643 bits per heavy atom. The van der Waals surface area contributed by atoms with E-state index in [1.165, 1.54) is 37.9 Å². The number of amides is 1. The van der Waals surface area contributed by atoms with E-state index in [0.717, 1.165) is 38.5 Å². The number of carbonyl (C=O) groups excluding carboxylic acids is 4. The summed E-state index contributed by atoms with van der Waals surface area (Å²) >= 11 is 0. The normalized spacial score (nSPS) is 12.9. The first-order chi connectivity index (χ1) is 26.5. The third kappa shape index (κ3) is 16.8. The number of ether oxygens (including phenoxy) is 5. The first-order valence-corrected chi connectivity index (χ1v) is 20.1. The van der Waals surface area contributed by atoms with Gasteiger partial charge in [-0.05, 0) is 134 Å². The van der Waals surface area contributed by atoms with Crippen molar-refractivity contribution < 1.29 is 42.9 Å². The lowest BCUT2D eigenvalue weighted by Crippen LogP contribution is -2.53. The molecule has 0 aliphatic rings. The minimum atomic E-state index is -1.60. The topological polar surface area (TPSA) is 118 Å². The third-order valence-corrected chi connectivity index (χ3v) is 9.08. The quantitative estimate of drug-likeness (QED) is 0.0563. The van der Waals surface area contributed by atoms with Gasteiger partial charge in [-0.3, -0.25) is 9.59 Å². The molecule has 0 aliphatic carbocycles. The van der Waals surface area contributed by atoms with Gasteiger partial charge in [0.1, 0.15) is 24.4 Å². The summed E-state index contributed by atoms with van der Waals surface area (Å²) < 4.78 is 28.4. The highest BCUT2D eigenvalue weighted by molar-refractivity contribution is 5.91. The van der Waals surface area contributed by atoms with Crippen molar-refractivity contribution in [3.63, 3.8) is 0 Å². The molecular weight excluding hydrogens is 711 g/mol. The van der Waals surface area contributed by atoms with Crippen molar-refractivity contribution in [2.45, 2.75) is 137 Å². The summed E-state index contributed by atoms with van der Waals surface area (Å²) in [6, 6.07) is 21.2. The average Bonchev–Trinajstić information content (AvgIpc) is 3.11. The fourth-order valence-electron chi connectivity index (χ4n) is 6.24. The molecule has 0 saturated heterocycles. The SMILES string of the molecule is CCOC(=O)CO[C@@H](C(=O)OC(C)(C)C)[C@@H](OCCCCCc1ccc(C)c(C)c1)C(=O)N(CCCCCc1ccc2ccccc2c1)CC(=O)OC(C)(C)C. The van der Waals surface area contributed by atoms with E-state index in [1.807, 2.05) is 12.1 Å². The molecule has 10 heteroatoms. The smallest absolute Gasteiger partial charge is 0.339 e. The maximum absolute atomic E-state index is 14.6. The molecule has 0 saturated carbocycles. The predicted molar refractivity (Wildman–Crippen MR) is 219 cm³/mol. The zero-order chi connectivity index (χ0) is 41.3. The number of carbonyl (C=O) groups is 4. The summed E-state index contributed by atoms with van der Waals surface area (Å²) in [7, 11) is 0. The number of rotatable bonds is 22. The van der Waals surface area contributed by atoms with Crippen LogP contribution in [0.5, 0.6) is 0 Å². The molecular formula is C46H65NO9. The second-order valence-corrected chi connectivity index (χ2v) is 16.4. The zero-order valence-electron chi connectivity index (χ0n) is 35.2. The number of hydrogen-bond donors (Lipinski definition) is 0. The molecule has 2 atom stereocenters. The van der Waals surface area contributed by atoms with Crippen molar-refractivity contribution >= 4 is 34.6 Å². The first kappa shape index (κ1) is 46.1. The minimum absolute atomic E-state index is 0.116. The Balaban J connectivity index is 1.80. The van der Waals surface area contributed by atoms with Gasteiger partial charge in [-0.2, -0.15) is 0 Å². The number of unbranched alkanes of at least 4 members (excludes halogenated alkanes) is 4. The zero-order valence-corrected chi connectivity index (χ0v) is 35.2. The number of benzene rings is 3. The summed E-state index contributed by atoms with van der Waals surface area (Å²) in [6.07, 6.45) is 3.23. The second kappa shape index (κ2) is 22.5. The van der Waals surface area contributed by atoms with Crippen molar-refractivity contribution in [2.75, 3.05) is 32.9 Å². The lowest BCUT2D eigenvalue weighted by Gasteiger charge is -2.32. The van der Waals surface area contributed by atoms with Crippen LogP contribution < -0.4 is 0 Å². The standard InChI is InChI=1S/C46H65NO9/c1-10-52-40(49)32-54-42(44(51)56-46(7,8)9)41(53-28-18-12-14-19-35-24-23-33(2)34(3)29-35)43(50)47(31-39(48)55-45(4,5)6)27-17-11-13-20-36-25-26-37-21-15-16-22-38(37)30-36/h15-16,21-26,29-30,41-42H,10-14,17-20,27-28,31-32H2,1-9H3/t41-,42-/m1/s1. The molecule has 1 amide bonds. The Hall–Kier alpha value is -4.28. The van der Waals surface area contributed by atoms with E-state index in [4.69, 9.17) is 23.7 Å². The summed E-state index contributed by atoms with van der Waals surface area (Å²) in [6.45, 7) is 15.8. The van der Waals surface area contributed by atoms with Crippen LogP contribution in [0.4, 0.5) is 0 Å². The van der Waals surface area contributed by atoms with Gasteiger partial charge in [0.25, 0.3) is 5.91 Å². The first-order valence-electron chi connectivity index (χ1n) is 20.1. The van der Waals surface area contributed by atoms with Crippen LogP contribution in [0.2, 0.25) is 0 Å². The van der Waals surface area contributed by atoms with Crippen molar-refractivity contribution in [1.29, 1.82) is 0 Å². The molecule has 0 fully saturated rings. The van der Waals surface area contributed by atoms with Gasteiger partial charge in [-0.25, -0.2) is 9.59 Å². The molecule has 0 radical (unpaired) electrons. The number of nitrogens with zero attached hydrogens (tertiary/aromatic N) is 1. The Labute approximate surface area is 334 Å². The highest BCUT2D eigenvalue weighted by Gasteiger charge is 2.41. The van der Waals surface area contributed by atoms with E-state index in [-0.39, 0.29) is 26.3 Å². The van der Waals surface area contributed by atoms with Gasteiger partial charge in [0.05, 0.1) is 6.61 Å². The molecule has 56 heavy (non-hydrogen) atoms.